The average Bonchev–Trinajstić information content (AvgIpc) is 2.62. The normalized spacial score (nSPS) is 13.1. The molecule has 0 aromatic carbocycles. The molecule has 0 aliphatic carbocycles. The summed E-state index contributed by atoms with van der Waals surface area (Å²) in [5.41, 5.74) is 0. The van der Waals surface area contributed by atoms with Gasteiger partial charge in [-0.2, -0.15) is 8.42 Å². The molecule has 0 aromatic rings. The third-order valence-electron chi connectivity index (χ3n) is 5.56. The van der Waals surface area contributed by atoms with Crippen molar-refractivity contribution in [3.05, 3.63) is 0 Å². The monoisotopic (exact) mass is 406 g/mol. The van der Waals surface area contributed by atoms with Gasteiger partial charge in [0, 0.05) is 6.61 Å². The molecule has 0 heterocycles. The third kappa shape index (κ3) is 19.0. The topological polar surface area (TPSA) is 74.6 Å². The summed E-state index contributed by atoms with van der Waals surface area (Å²) in [4.78, 5) is 0. The van der Waals surface area contributed by atoms with Gasteiger partial charge in [0.05, 0.1) is 5.25 Å². The first kappa shape index (κ1) is 26.9. The summed E-state index contributed by atoms with van der Waals surface area (Å²) < 4.78 is 31.3. The van der Waals surface area contributed by atoms with Gasteiger partial charge in [0.15, 0.2) is 0 Å². The zero-order valence-corrected chi connectivity index (χ0v) is 18.7. The highest BCUT2D eigenvalue weighted by Crippen LogP contribution is 2.16. The first-order valence-electron chi connectivity index (χ1n) is 11.6. The average molecular weight is 407 g/mol. The van der Waals surface area contributed by atoms with Gasteiger partial charge in [0.1, 0.15) is 0 Å². The Morgan fingerprint density at radius 2 is 0.889 bits per heavy atom. The standard InChI is InChI=1S/C22H46O4S/c1-2-22(27(24,25)26)20-18-16-14-12-10-8-6-4-3-5-7-9-11-13-15-17-19-21-23/h22-23H,2-21H2,1H3,(H,24,25,26). The number of hydrogen-bond acceptors (Lipinski definition) is 3. The Morgan fingerprint density at radius 1 is 0.593 bits per heavy atom. The highest BCUT2D eigenvalue weighted by molar-refractivity contribution is 7.86. The molecule has 5 heteroatoms. The highest BCUT2D eigenvalue weighted by Gasteiger charge is 2.19. The summed E-state index contributed by atoms with van der Waals surface area (Å²) in [6, 6.07) is 0. The summed E-state index contributed by atoms with van der Waals surface area (Å²) in [5, 5.41) is 8.15. The Kier molecular flexibility index (Phi) is 19.1. The lowest BCUT2D eigenvalue weighted by Gasteiger charge is -2.10. The zero-order valence-electron chi connectivity index (χ0n) is 17.8. The van der Waals surface area contributed by atoms with Gasteiger partial charge in [-0.3, -0.25) is 4.55 Å². The van der Waals surface area contributed by atoms with Crippen LogP contribution in [0.15, 0.2) is 0 Å². The molecule has 164 valence electrons. The molecule has 1 unspecified atom stereocenters. The Hall–Kier alpha value is -0.130. The zero-order chi connectivity index (χ0) is 20.2. The van der Waals surface area contributed by atoms with Gasteiger partial charge in [-0.15, -0.1) is 0 Å². The van der Waals surface area contributed by atoms with Gasteiger partial charge >= 0.3 is 0 Å². The van der Waals surface area contributed by atoms with Crippen LogP contribution in [0, 0.1) is 0 Å². The number of hydrogen-bond donors (Lipinski definition) is 2. The van der Waals surface area contributed by atoms with Crippen LogP contribution in [0.2, 0.25) is 0 Å². The lowest BCUT2D eigenvalue weighted by atomic mass is 10.0. The lowest BCUT2D eigenvalue weighted by Crippen LogP contribution is -2.19. The second kappa shape index (κ2) is 19.2. The van der Waals surface area contributed by atoms with E-state index in [-0.39, 0.29) is 0 Å². The fourth-order valence-electron chi connectivity index (χ4n) is 3.70. The van der Waals surface area contributed by atoms with Crippen molar-refractivity contribution >= 4 is 10.1 Å². The first-order chi connectivity index (χ1) is 13.0. The minimum atomic E-state index is -3.85. The van der Waals surface area contributed by atoms with E-state index in [0.29, 0.717) is 19.4 Å². The Morgan fingerprint density at radius 3 is 1.15 bits per heavy atom. The molecule has 0 radical (unpaired) electrons. The van der Waals surface area contributed by atoms with E-state index in [1.54, 1.807) is 0 Å². The van der Waals surface area contributed by atoms with Crippen LogP contribution in [-0.2, 0) is 10.1 Å². The lowest BCUT2D eigenvalue weighted by molar-refractivity contribution is 0.282. The number of aliphatic hydroxyl groups is 1. The van der Waals surface area contributed by atoms with Gasteiger partial charge in [0.2, 0.25) is 0 Å². The molecule has 0 saturated carbocycles. The van der Waals surface area contributed by atoms with Gasteiger partial charge in [-0.05, 0) is 19.3 Å². The predicted molar refractivity (Wildman–Crippen MR) is 116 cm³/mol. The predicted octanol–water partition coefficient (Wildman–Crippen LogP) is 6.67. The van der Waals surface area contributed by atoms with E-state index in [2.05, 4.69) is 0 Å². The van der Waals surface area contributed by atoms with Crippen LogP contribution in [0.3, 0.4) is 0 Å². The quantitative estimate of drug-likeness (QED) is 0.165. The molecule has 0 spiro atoms. The molecule has 2 N–H and O–H groups in total. The van der Waals surface area contributed by atoms with Crippen LogP contribution in [0.25, 0.3) is 0 Å². The van der Waals surface area contributed by atoms with Crippen LogP contribution < -0.4 is 0 Å². The fourth-order valence-corrected chi connectivity index (χ4v) is 4.58. The first-order valence-corrected chi connectivity index (χ1v) is 13.1. The molecular formula is C22H46O4S. The molecular weight excluding hydrogens is 360 g/mol. The van der Waals surface area contributed by atoms with Crippen molar-refractivity contribution in [3.8, 4) is 0 Å². The Balaban J connectivity index is 3.19. The molecule has 0 aromatic heterocycles. The molecule has 1 atom stereocenters. The number of rotatable bonds is 21. The Labute approximate surface area is 169 Å². The van der Waals surface area contributed by atoms with E-state index in [4.69, 9.17) is 9.66 Å². The maximum atomic E-state index is 11.1. The SMILES string of the molecule is CCC(CCCCCCCCCCCCCCCCCCCO)S(=O)(=O)O. The van der Waals surface area contributed by atoms with Crippen LogP contribution in [0.5, 0.6) is 0 Å². The molecule has 0 aliphatic heterocycles. The second-order valence-corrected chi connectivity index (χ2v) is 9.76. The van der Waals surface area contributed by atoms with Crippen molar-refractivity contribution in [2.45, 2.75) is 134 Å². The molecule has 0 fully saturated rings. The fraction of sp³-hybridized carbons (Fsp3) is 1.00. The summed E-state index contributed by atoms with van der Waals surface area (Å²) in [7, 11) is -3.85. The molecule has 0 aliphatic rings. The van der Waals surface area contributed by atoms with Crippen LogP contribution in [0.4, 0.5) is 0 Å². The van der Waals surface area contributed by atoms with Crippen molar-refractivity contribution in [1.82, 2.24) is 0 Å². The van der Waals surface area contributed by atoms with E-state index in [1.807, 2.05) is 6.92 Å². The van der Waals surface area contributed by atoms with Crippen molar-refractivity contribution in [3.63, 3.8) is 0 Å². The summed E-state index contributed by atoms with van der Waals surface area (Å²) in [6.07, 6.45) is 22.4. The highest BCUT2D eigenvalue weighted by atomic mass is 32.2. The van der Waals surface area contributed by atoms with E-state index in [0.717, 1.165) is 19.3 Å². The van der Waals surface area contributed by atoms with Crippen molar-refractivity contribution in [2.75, 3.05) is 6.61 Å². The van der Waals surface area contributed by atoms with Crippen LogP contribution >= 0.6 is 0 Å². The van der Waals surface area contributed by atoms with Gasteiger partial charge in [0.25, 0.3) is 10.1 Å². The third-order valence-corrected chi connectivity index (χ3v) is 6.97. The Bertz CT molecular complexity index is 395. The molecule has 27 heavy (non-hydrogen) atoms. The molecule has 0 amide bonds. The molecule has 0 rings (SSSR count). The summed E-state index contributed by atoms with van der Waals surface area (Å²) in [5.74, 6) is 0. The maximum absolute atomic E-state index is 11.1. The second-order valence-electron chi connectivity index (χ2n) is 8.07. The molecule has 0 bridgehead atoms. The van der Waals surface area contributed by atoms with Crippen molar-refractivity contribution in [1.29, 1.82) is 0 Å². The molecule has 0 saturated heterocycles. The van der Waals surface area contributed by atoms with Crippen LogP contribution in [-0.4, -0.2) is 29.9 Å². The number of aliphatic hydroxyl groups excluding tert-OH is 1. The largest absolute Gasteiger partial charge is 0.396 e. The number of unbranched alkanes of at least 4 members (excludes halogenated alkanes) is 16. The summed E-state index contributed by atoms with van der Waals surface area (Å²) >= 11 is 0. The van der Waals surface area contributed by atoms with Crippen molar-refractivity contribution in [2.24, 2.45) is 0 Å². The van der Waals surface area contributed by atoms with Gasteiger partial charge in [-0.25, -0.2) is 0 Å². The van der Waals surface area contributed by atoms with E-state index >= 15 is 0 Å². The minimum absolute atomic E-state index is 0.344. The van der Waals surface area contributed by atoms with Crippen LogP contribution in [0.1, 0.15) is 129 Å². The van der Waals surface area contributed by atoms with E-state index < -0.39 is 15.4 Å². The summed E-state index contributed by atoms with van der Waals surface area (Å²) in [6.45, 7) is 2.16. The minimum Gasteiger partial charge on any atom is -0.396 e. The van der Waals surface area contributed by atoms with E-state index in [1.165, 1.54) is 89.9 Å². The smallest absolute Gasteiger partial charge is 0.267 e. The van der Waals surface area contributed by atoms with Crippen molar-refractivity contribution < 1.29 is 18.1 Å². The van der Waals surface area contributed by atoms with Gasteiger partial charge in [-0.1, -0.05) is 110 Å². The van der Waals surface area contributed by atoms with E-state index in [9.17, 15) is 8.42 Å². The maximum Gasteiger partial charge on any atom is 0.267 e. The van der Waals surface area contributed by atoms with Gasteiger partial charge < -0.3 is 5.11 Å². The molecule has 4 nitrogen and oxygen atoms in total.